The lowest BCUT2D eigenvalue weighted by Gasteiger charge is -2.05. The van der Waals surface area contributed by atoms with E-state index >= 15 is 0 Å². The highest BCUT2D eigenvalue weighted by molar-refractivity contribution is 6.31. The molecule has 0 amide bonds. The van der Waals surface area contributed by atoms with Gasteiger partial charge in [0.2, 0.25) is 0 Å². The van der Waals surface area contributed by atoms with Crippen molar-refractivity contribution in [1.29, 1.82) is 0 Å². The first-order valence-corrected chi connectivity index (χ1v) is 4.57. The number of aryl methyl sites for hydroxylation is 1. The zero-order chi connectivity index (χ0) is 8.97. The van der Waals surface area contributed by atoms with Crippen molar-refractivity contribution in [2.45, 2.75) is 20.3 Å². The van der Waals surface area contributed by atoms with Gasteiger partial charge in [0, 0.05) is 5.02 Å². The summed E-state index contributed by atoms with van der Waals surface area (Å²) in [6, 6.07) is 5.77. The van der Waals surface area contributed by atoms with Crippen LogP contribution in [-0.4, -0.2) is 6.61 Å². The van der Waals surface area contributed by atoms with E-state index in [1.807, 2.05) is 25.1 Å². The topological polar surface area (TPSA) is 9.23 Å². The molecule has 0 saturated heterocycles. The van der Waals surface area contributed by atoms with Crippen molar-refractivity contribution < 1.29 is 4.74 Å². The highest BCUT2D eigenvalue weighted by Gasteiger charge is 1.99. The lowest BCUT2D eigenvalue weighted by Crippen LogP contribution is -1.92. The van der Waals surface area contributed by atoms with Gasteiger partial charge in [0.25, 0.3) is 0 Å². The fraction of sp³-hybridized carbons (Fsp3) is 0.400. The highest BCUT2D eigenvalue weighted by atomic mass is 35.5. The van der Waals surface area contributed by atoms with E-state index in [0.717, 1.165) is 22.8 Å². The first kappa shape index (κ1) is 9.40. The van der Waals surface area contributed by atoms with E-state index in [9.17, 15) is 0 Å². The van der Waals surface area contributed by atoms with Gasteiger partial charge in [0.1, 0.15) is 5.75 Å². The van der Waals surface area contributed by atoms with Gasteiger partial charge >= 0.3 is 0 Å². The van der Waals surface area contributed by atoms with Crippen molar-refractivity contribution in [1.82, 2.24) is 0 Å². The Morgan fingerprint density at radius 1 is 1.33 bits per heavy atom. The summed E-state index contributed by atoms with van der Waals surface area (Å²) in [5.74, 6) is 0.902. The van der Waals surface area contributed by atoms with Crippen molar-refractivity contribution in [2.24, 2.45) is 0 Å². The van der Waals surface area contributed by atoms with Gasteiger partial charge in [-0.25, -0.2) is 0 Å². The molecule has 1 nitrogen and oxygen atoms in total. The Morgan fingerprint density at radius 3 is 2.67 bits per heavy atom. The summed E-state index contributed by atoms with van der Waals surface area (Å²) in [5.41, 5.74) is 1.14. The Hall–Kier alpha value is -0.690. The van der Waals surface area contributed by atoms with E-state index < -0.39 is 0 Å². The van der Waals surface area contributed by atoms with E-state index in [1.165, 1.54) is 0 Å². The van der Waals surface area contributed by atoms with Gasteiger partial charge in [-0.15, -0.1) is 0 Å². The monoisotopic (exact) mass is 184 g/mol. The number of hydrogen-bond donors (Lipinski definition) is 0. The first-order chi connectivity index (χ1) is 5.77. The summed E-state index contributed by atoms with van der Waals surface area (Å²) in [4.78, 5) is 0. The minimum absolute atomic E-state index is 0.699. The smallest absolute Gasteiger partial charge is 0.119 e. The van der Waals surface area contributed by atoms with Crippen molar-refractivity contribution in [3.8, 4) is 5.75 Å². The van der Waals surface area contributed by atoms with E-state index in [1.54, 1.807) is 0 Å². The number of ether oxygens (including phenoxy) is 1. The SMILES string of the molecule is CCOc1ccc(Cl)c(CC)c1. The van der Waals surface area contributed by atoms with Crippen molar-refractivity contribution >= 4 is 11.6 Å². The zero-order valence-corrected chi connectivity index (χ0v) is 8.19. The second-order valence-corrected chi connectivity index (χ2v) is 2.95. The van der Waals surface area contributed by atoms with Gasteiger partial charge in [-0.05, 0) is 37.1 Å². The third kappa shape index (κ3) is 2.15. The van der Waals surface area contributed by atoms with Gasteiger partial charge in [-0.1, -0.05) is 18.5 Å². The first-order valence-electron chi connectivity index (χ1n) is 4.19. The van der Waals surface area contributed by atoms with Crippen LogP contribution in [0.5, 0.6) is 5.75 Å². The number of rotatable bonds is 3. The molecule has 0 fully saturated rings. The summed E-state index contributed by atoms with van der Waals surface area (Å²) in [7, 11) is 0. The summed E-state index contributed by atoms with van der Waals surface area (Å²) in [6.07, 6.45) is 0.944. The Balaban J connectivity index is 2.89. The predicted molar refractivity (Wildman–Crippen MR) is 52.0 cm³/mol. The fourth-order valence-corrected chi connectivity index (χ4v) is 1.33. The second-order valence-electron chi connectivity index (χ2n) is 2.54. The molecular weight excluding hydrogens is 172 g/mol. The summed E-state index contributed by atoms with van der Waals surface area (Å²) < 4.78 is 5.34. The molecule has 0 N–H and O–H groups in total. The third-order valence-corrected chi connectivity index (χ3v) is 2.08. The molecule has 0 bridgehead atoms. The van der Waals surface area contributed by atoms with Gasteiger partial charge in [-0.2, -0.15) is 0 Å². The van der Waals surface area contributed by atoms with Crippen molar-refractivity contribution in [3.63, 3.8) is 0 Å². The normalized spacial score (nSPS) is 9.92. The molecule has 0 unspecified atom stereocenters. The standard InChI is InChI=1S/C10H13ClO/c1-3-8-7-9(12-4-2)5-6-10(8)11/h5-7H,3-4H2,1-2H3. The van der Waals surface area contributed by atoms with Crippen LogP contribution in [0.2, 0.25) is 5.02 Å². The summed E-state index contributed by atoms with van der Waals surface area (Å²) in [6.45, 7) is 4.75. The Morgan fingerprint density at radius 2 is 2.08 bits per heavy atom. The minimum atomic E-state index is 0.699. The van der Waals surface area contributed by atoms with Gasteiger partial charge in [0.15, 0.2) is 0 Å². The molecule has 0 spiro atoms. The van der Waals surface area contributed by atoms with Gasteiger partial charge in [-0.3, -0.25) is 0 Å². The average Bonchev–Trinajstić information content (AvgIpc) is 2.09. The average molecular weight is 185 g/mol. The third-order valence-electron chi connectivity index (χ3n) is 1.71. The minimum Gasteiger partial charge on any atom is -0.494 e. The maximum Gasteiger partial charge on any atom is 0.119 e. The molecule has 1 rings (SSSR count). The summed E-state index contributed by atoms with van der Waals surface area (Å²) >= 11 is 5.94. The number of benzene rings is 1. The van der Waals surface area contributed by atoms with Crippen LogP contribution in [0.4, 0.5) is 0 Å². The molecule has 66 valence electrons. The highest BCUT2D eigenvalue weighted by Crippen LogP contribution is 2.22. The molecule has 2 heteroatoms. The van der Waals surface area contributed by atoms with Crippen LogP contribution in [0.1, 0.15) is 19.4 Å². The van der Waals surface area contributed by atoms with Gasteiger partial charge in [0.05, 0.1) is 6.61 Å². The van der Waals surface area contributed by atoms with E-state index in [4.69, 9.17) is 16.3 Å². The largest absolute Gasteiger partial charge is 0.494 e. The van der Waals surface area contributed by atoms with E-state index in [-0.39, 0.29) is 0 Å². The van der Waals surface area contributed by atoms with Crippen LogP contribution in [0.25, 0.3) is 0 Å². The Bertz CT molecular complexity index is 258. The molecule has 0 aliphatic heterocycles. The molecule has 0 aliphatic carbocycles. The van der Waals surface area contributed by atoms with Crippen LogP contribution in [-0.2, 0) is 6.42 Å². The molecule has 0 heterocycles. The van der Waals surface area contributed by atoms with Crippen molar-refractivity contribution in [3.05, 3.63) is 28.8 Å². The van der Waals surface area contributed by atoms with Gasteiger partial charge < -0.3 is 4.74 Å². The van der Waals surface area contributed by atoms with Crippen LogP contribution >= 0.6 is 11.6 Å². The number of hydrogen-bond acceptors (Lipinski definition) is 1. The lowest BCUT2D eigenvalue weighted by atomic mass is 10.1. The molecule has 0 saturated carbocycles. The molecule has 0 aromatic heterocycles. The van der Waals surface area contributed by atoms with E-state index in [2.05, 4.69) is 6.92 Å². The maximum atomic E-state index is 5.94. The Labute approximate surface area is 78.3 Å². The van der Waals surface area contributed by atoms with Crippen LogP contribution < -0.4 is 4.74 Å². The van der Waals surface area contributed by atoms with Crippen LogP contribution in [0.15, 0.2) is 18.2 Å². The molecule has 12 heavy (non-hydrogen) atoms. The summed E-state index contributed by atoms with van der Waals surface area (Å²) in [5, 5.41) is 0.820. The van der Waals surface area contributed by atoms with Crippen LogP contribution in [0, 0.1) is 0 Å². The fourth-order valence-electron chi connectivity index (χ4n) is 1.08. The molecule has 0 atom stereocenters. The quantitative estimate of drug-likeness (QED) is 0.701. The molecular formula is C10H13ClO. The maximum absolute atomic E-state index is 5.94. The lowest BCUT2D eigenvalue weighted by molar-refractivity contribution is 0.340. The molecule has 0 aliphatic rings. The zero-order valence-electron chi connectivity index (χ0n) is 7.43. The predicted octanol–water partition coefficient (Wildman–Crippen LogP) is 3.30. The van der Waals surface area contributed by atoms with Crippen molar-refractivity contribution in [2.75, 3.05) is 6.61 Å². The molecule has 0 radical (unpaired) electrons. The molecule has 1 aromatic carbocycles. The van der Waals surface area contributed by atoms with Crippen LogP contribution in [0.3, 0.4) is 0 Å². The van der Waals surface area contributed by atoms with E-state index in [0.29, 0.717) is 6.61 Å². The Kier molecular flexibility index (Phi) is 3.42. The molecule has 1 aromatic rings. The second kappa shape index (κ2) is 4.36. The number of halogens is 1.